The van der Waals surface area contributed by atoms with Crippen LogP contribution in [-0.2, 0) is 16.3 Å². The number of carbonyl (C=O) groups is 1. The molecule has 0 bridgehead atoms. The summed E-state index contributed by atoms with van der Waals surface area (Å²) < 4.78 is 24.4. The molecule has 2 aromatic rings. The maximum Gasteiger partial charge on any atom is 0.315 e. The van der Waals surface area contributed by atoms with Gasteiger partial charge in [-0.15, -0.1) is 0 Å². The van der Waals surface area contributed by atoms with Crippen LogP contribution in [0, 0.1) is 0 Å². The maximum absolute atomic E-state index is 12.4. The normalized spacial score (nSPS) is 23.3. The number of fused-ring (bicyclic) bond motifs is 2. The summed E-state index contributed by atoms with van der Waals surface area (Å²) in [7, 11) is -3.32. The van der Waals surface area contributed by atoms with Crippen molar-refractivity contribution in [3.63, 3.8) is 0 Å². The number of hydrogen-bond acceptors (Lipinski definition) is 3. The molecule has 24 heavy (non-hydrogen) atoms. The van der Waals surface area contributed by atoms with Crippen LogP contribution in [0.2, 0.25) is 0 Å². The molecule has 5 nitrogen and oxygen atoms in total. The van der Waals surface area contributed by atoms with Crippen molar-refractivity contribution >= 4 is 15.9 Å². The van der Waals surface area contributed by atoms with Crippen molar-refractivity contribution in [1.29, 1.82) is 0 Å². The summed E-state index contributed by atoms with van der Waals surface area (Å²) >= 11 is 0. The van der Waals surface area contributed by atoms with E-state index >= 15 is 0 Å². The Kier molecular flexibility index (Phi) is 3.57. The number of nitrogens with one attached hydrogen (secondary N) is 2. The summed E-state index contributed by atoms with van der Waals surface area (Å²) in [6.45, 7) is 0. The zero-order chi connectivity index (χ0) is 16.7. The van der Waals surface area contributed by atoms with E-state index in [0.717, 1.165) is 18.4 Å². The molecule has 4 rings (SSSR count). The first kappa shape index (κ1) is 15.2. The van der Waals surface area contributed by atoms with Gasteiger partial charge in [0.25, 0.3) is 0 Å². The molecule has 0 saturated carbocycles. The Morgan fingerprint density at radius 3 is 2.42 bits per heavy atom. The van der Waals surface area contributed by atoms with E-state index in [2.05, 4.69) is 16.7 Å². The second kappa shape index (κ2) is 5.63. The van der Waals surface area contributed by atoms with Crippen LogP contribution in [0.5, 0.6) is 0 Å². The number of rotatable bonds is 2. The molecule has 6 heteroatoms. The molecule has 0 spiro atoms. The standard InChI is InChI=1S/C18H18N2O3S/c21-18(19-15-10-9-12-5-1-2-6-13(12)15)20-16-11-24(22,23)17-8-4-3-7-14(16)17/h1-8,15-16H,9-11H2,(H2,19,20,21)/t15-,16+/m1/s1. The second-order valence-electron chi connectivity index (χ2n) is 6.28. The van der Waals surface area contributed by atoms with Crippen molar-refractivity contribution in [3.8, 4) is 0 Å². The minimum absolute atomic E-state index is 0.0190. The highest BCUT2D eigenvalue weighted by Gasteiger charge is 2.35. The summed E-state index contributed by atoms with van der Waals surface area (Å²) in [6.07, 6.45) is 1.81. The molecule has 0 unspecified atom stereocenters. The molecule has 1 aliphatic carbocycles. The molecule has 0 radical (unpaired) electrons. The van der Waals surface area contributed by atoms with Crippen LogP contribution in [0.4, 0.5) is 4.79 Å². The third-order valence-electron chi connectivity index (χ3n) is 4.76. The molecule has 0 saturated heterocycles. The van der Waals surface area contributed by atoms with Crippen molar-refractivity contribution in [2.75, 3.05) is 5.75 Å². The van der Waals surface area contributed by atoms with Crippen LogP contribution in [-0.4, -0.2) is 20.2 Å². The third-order valence-corrected chi connectivity index (χ3v) is 6.57. The number of urea groups is 1. The molecule has 2 amide bonds. The highest BCUT2D eigenvalue weighted by atomic mass is 32.2. The van der Waals surface area contributed by atoms with Gasteiger partial charge in [-0.3, -0.25) is 0 Å². The van der Waals surface area contributed by atoms with Crippen LogP contribution < -0.4 is 10.6 Å². The Morgan fingerprint density at radius 2 is 1.58 bits per heavy atom. The molecular weight excluding hydrogens is 324 g/mol. The number of amides is 2. The van der Waals surface area contributed by atoms with Gasteiger partial charge >= 0.3 is 6.03 Å². The zero-order valence-corrected chi connectivity index (χ0v) is 13.8. The highest BCUT2D eigenvalue weighted by molar-refractivity contribution is 7.91. The fourth-order valence-electron chi connectivity index (χ4n) is 3.64. The summed E-state index contributed by atoms with van der Waals surface area (Å²) in [5.74, 6) is -0.0823. The smallest absolute Gasteiger partial charge is 0.315 e. The Labute approximate surface area is 141 Å². The largest absolute Gasteiger partial charge is 0.331 e. The van der Waals surface area contributed by atoms with Gasteiger partial charge in [-0.05, 0) is 35.6 Å². The number of aryl methyl sites for hydroxylation is 1. The van der Waals surface area contributed by atoms with Crippen LogP contribution in [0.1, 0.15) is 35.2 Å². The van der Waals surface area contributed by atoms with E-state index in [1.54, 1.807) is 24.3 Å². The van der Waals surface area contributed by atoms with E-state index in [0.29, 0.717) is 10.5 Å². The lowest BCUT2D eigenvalue weighted by Crippen LogP contribution is -2.40. The van der Waals surface area contributed by atoms with Crippen molar-refractivity contribution < 1.29 is 13.2 Å². The molecule has 2 atom stereocenters. The van der Waals surface area contributed by atoms with E-state index in [1.807, 2.05) is 18.2 Å². The number of benzene rings is 2. The van der Waals surface area contributed by atoms with E-state index in [9.17, 15) is 13.2 Å². The van der Waals surface area contributed by atoms with Gasteiger partial charge in [-0.1, -0.05) is 42.5 Å². The monoisotopic (exact) mass is 342 g/mol. The Hall–Kier alpha value is -2.34. The molecule has 2 aliphatic rings. The van der Waals surface area contributed by atoms with Crippen LogP contribution in [0.15, 0.2) is 53.4 Å². The Bertz CT molecular complexity index is 908. The quantitative estimate of drug-likeness (QED) is 0.880. The van der Waals surface area contributed by atoms with Gasteiger partial charge in [-0.2, -0.15) is 0 Å². The lowest BCUT2D eigenvalue weighted by molar-refractivity contribution is 0.234. The Morgan fingerprint density at radius 1 is 0.917 bits per heavy atom. The van der Waals surface area contributed by atoms with Crippen molar-refractivity contribution in [2.45, 2.75) is 29.8 Å². The van der Waals surface area contributed by atoms with Gasteiger partial charge < -0.3 is 10.6 Å². The van der Waals surface area contributed by atoms with Gasteiger partial charge in [0.15, 0.2) is 9.84 Å². The van der Waals surface area contributed by atoms with Gasteiger partial charge in [0.2, 0.25) is 0 Å². The molecule has 124 valence electrons. The number of hydrogen-bond donors (Lipinski definition) is 2. The summed E-state index contributed by atoms with van der Waals surface area (Å²) in [6, 6.07) is 14.1. The van der Waals surface area contributed by atoms with E-state index in [-0.39, 0.29) is 17.8 Å². The predicted molar refractivity (Wildman–Crippen MR) is 90.4 cm³/mol. The minimum atomic E-state index is -3.32. The molecule has 0 aromatic heterocycles. The summed E-state index contributed by atoms with van der Waals surface area (Å²) in [4.78, 5) is 12.7. The van der Waals surface area contributed by atoms with E-state index in [1.165, 1.54) is 5.56 Å². The molecule has 0 fully saturated rings. The average Bonchev–Trinajstić information content (AvgIpc) is 3.08. The van der Waals surface area contributed by atoms with Crippen molar-refractivity contribution in [1.82, 2.24) is 10.6 Å². The predicted octanol–water partition coefficient (Wildman–Crippen LogP) is 2.50. The lowest BCUT2D eigenvalue weighted by Gasteiger charge is -2.18. The van der Waals surface area contributed by atoms with Crippen molar-refractivity contribution in [3.05, 3.63) is 65.2 Å². The van der Waals surface area contributed by atoms with Gasteiger partial charge in [-0.25, -0.2) is 13.2 Å². The fourth-order valence-corrected chi connectivity index (χ4v) is 5.37. The molecule has 1 heterocycles. The lowest BCUT2D eigenvalue weighted by atomic mass is 10.1. The molecule has 1 aliphatic heterocycles. The zero-order valence-electron chi connectivity index (χ0n) is 13.0. The maximum atomic E-state index is 12.4. The summed E-state index contributed by atoms with van der Waals surface area (Å²) in [5.41, 5.74) is 3.07. The topological polar surface area (TPSA) is 75.3 Å². The Balaban J connectivity index is 1.49. The highest BCUT2D eigenvalue weighted by Crippen LogP contribution is 2.33. The first-order valence-corrected chi connectivity index (χ1v) is 9.66. The first-order valence-electron chi connectivity index (χ1n) is 8.01. The minimum Gasteiger partial charge on any atom is -0.331 e. The van der Waals surface area contributed by atoms with Crippen LogP contribution in [0.25, 0.3) is 0 Å². The van der Waals surface area contributed by atoms with Crippen molar-refractivity contribution in [2.24, 2.45) is 0 Å². The van der Waals surface area contributed by atoms with Crippen LogP contribution in [0.3, 0.4) is 0 Å². The van der Waals surface area contributed by atoms with Gasteiger partial charge in [0.1, 0.15) is 0 Å². The number of carbonyl (C=O) groups excluding carboxylic acids is 1. The first-order chi connectivity index (χ1) is 11.5. The summed E-state index contributed by atoms with van der Waals surface area (Å²) in [5, 5.41) is 5.79. The van der Waals surface area contributed by atoms with Gasteiger partial charge in [0, 0.05) is 0 Å². The van der Waals surface area contributed by atoms with Gasteiger partial charge in [0.05, 0.1) is 22.7 Å². The fraction of sp³-hybridized carbons (Fsp3) is 0.278. The van der Waals surface area contributed by atoms with E-state index < -0.39 is 15.9 Å². The molecular formula is C18H18N2O3S. The average molecular weight is 342 g/mol. The van der Waals surface area contributed by atoms with Crippen LogP contribution >= 0.6 is 0 Å². The SMILES string of the molecule is O=C(N[C@H]1CS(=O)(=O)c2ccccc21)N[C@@H]1CCc2ccccc21. The third kappa shape index (κ3) is 2.57. The molecule has 2 aromatic carbocycles. The second-order valence-corrected chi connectivity index (χ2v) is 8.28. The number of sulfone groups is 1. The molecule has 2 N–H and O–H groups in total. The van der Waals surface area contributed by atoms with E-state index in [4.69, 9.17) is 0 Å².